The Labute approximate surface area is 76.0 Å². The maximum Gasteiger partial charge on any atom is 0.134 e. The number of hydrogen-bond donors (Lipinski definition) is 2. The van der Waals surface area contributed by atoms with Gasteiger partial charge in [-0.15, -0.1) is 11.3 Å². The largest absolute Gasteiger partial charge is 0.496 e. The number of methoxy groups -OCH3 is 1. The Morgan fingerprint density at radius 1 is 1.67 bits per heavy atom. The molecule has 3 nitrogen and oxygen atoms in total. The highest BCUT2D eigenvalue weighted by molar-refractivity contribution is 7.10. The minimum atomic E-state index is 0.174. The van der Waals surface area contributed by atoms with Gasteiger partial charge in [0.1, 0.15) is 5.75 Å². The average Bonchev–Trinajstić information content (AvgIpc) is 2.52. The Morgan fingerprint density at radius 2 is 2.50 bits per heavy atom. The molecule has 0 saturated heterocycles. The van der Waals surface area contributed by atoms with Crippen molar-refractivity contribution < 1.29 is 9.84 Å². The summed E-state index contributed by atoms with van der Waals surface area (Å²) in [6.07, 6.45) is 0. The van der Waals surface area contributed by atoms with Crippen LogP contribution in [0.1, 0.15) is 4.88 Å². The monoisotopic (exact) mass is 187 g/mol. The van der Waals surface area contributed by atoms with Crippen molar-refractivity contribution in [1.82, 2.24) is 5.32 Å². The van der Waals surface area contributed by atoms with Crippen molar-refractivity contribution in [2.75, 3.05) is 20.3 Å². The van der Waals surface area contributed by atoms with Crippen molar-refractivity contribution in [2.24, 2.45) is 0 Å². The fourth-order valence-corrected chi connectivity index (χ4v) is 1.73. The average molecular weight is 187 g/mol. The Kier molecular flexibility index (Phi) is 4.07. The van der Waals surface area contributed by atoms with E-state index in [1.165, 1.54) is 4.88 Å². The second-order valence-electron chi connectivity index (χ2n) is 2.31. The fraction of sp³-hybridized carbons (Fsp3) is 0.500. The number of ether oxygens (including phenoxy) is 1. The molecule has 0 aliphatic heterocycles. The topological polar surface area (TPSA) is 41.5 Å². The first-order valence-corrected chi connectivity index (χ1v) is 4.68. The van der Waals surface area contributed by atoms with Crippen molar-refractivity contribution in [3.8, 4) is 5.75 Å². The van der Waals surface area contributed by atoms with Crippen molar-refractivity contribution in [1.29, 1.82) is 0 Å². The quantitative estimate of drug-likeness (QED) is 0.671. The molecule has 0 fully saturated rings. The summed E-state index contributed by atoms with van der Waals surface area (Å²) in [5.74, 6) is 0.922. The molecule has 0 aliphatic carbocycles. The first-order valence-electron chi connectivity index (χ1n) is 3.80. The molecule has 2 N–H and O–H groups in total. The molecule has 68 valence electrons. The molecule has 12 heavy (non-hydrogen) atoms. The van der Waals surface area contributed by atoms with Gasteiger partial charge >= 0.3 is 0 Å². The lowest BCUT2D eigenvalue weighted by Crippen LogP contribution is -2.16. The lowest BCUT2D eigenvalue weighted by molar-refractivity contribution is 0.291. The molecule has 0 atom stereocenters. The highest BCUT2D eigenvalue weighted by Gasteiger charge is 2.02. The summed E-state index contributed by atoms with van der Waals surface area (Å²) in [6, 6.07) is 1.95. The summed E-state index contributed by atoms with van der Waals surface area (Å²) in [5.41, 5.74) is 0. The molecule has 0 aliphatic rings. The molecule has 1 aromatic heterocycles. The van der Waals surface area contributed by atoms with Crippen LogP contribution < -0.4 is 10.1 Å². The van der Waals surface area contributed by atoms with Crippen LogP contribution in [0.15, 0.2) is 11.4 Å². The lowest BCUT2D eigenvalue weighted by atomic mass is 10.4. The van der Waals surface area contributed by atoms with Gasteiger partial charge in [-0.3, -0.25) is 0 Å². The predicted molar refractivity (Wildman–Crippen MR) is 49.7 cm³/mol. The van der Waals surface area contributed by atoms with Gasteiger partial charge in [-0.1, -0.05) is 0 Å². The van der Waals surface area contributed by atoms with Gasteiger partial charge in [0, 0.05) is 13.1 Å². The zero-order valence-electron chi connectivity index (χ0n) is 7.04. The minimum Gasteiger partial charge on any atom is -0.496 e. The van der Waals surface area contributed by atoms with Crippen molar-refractivity contribution in [3.63, 3.8) is 0 Å². The van der Waals surface area contributed by atoms with E-state index < -0.39 is 0 Å². The van der Waals surface area contributed by atoms with Crippen LogP contribution in [0.2, 0.25) is 0 Å². The summed E-state index contributed by atoms with van der Waals surface area (Å²) >= 11 is 1.66. The minimum absolute atomic E-state index is 0.174. The number of aliphatic hydroxyl groups is 1. The van der Waals surface area contributed by atoms with E-state index in [0.29, 0.717) is 6.54 Å². The van der Waals surface area contributed by atoms with E-state index in [9.17, 15) is 0 Å². The van der Waals surface area contributed by atoms with E-state index in [1.54, 1.807) is 18.4 Å². The van der Waals surface area contributed by atoms with Crippen LogP contribution in [0, 0.1) is 0 Å². The fourth-order valence-electron chi connectivity index (χ4n) is 0.921. The standard InChI is InChI=1S/C8H13NO2S/c1-11-7-2-5-12-8(7)6-9-3-4-10/h2,5,9-10H,3-4,6H2,1H3. The van der Waals surface area contributed by atoms with Gasteiger partial charge in [0.2, 0.25) is 0 Å². The van der Waals surface area contributed by atoms with Crippen LogP contribution in [-0.2, 0) is 6.54 Å². The van der Waals surface area contributed by atoms with Crippen LogP contribution in [0.4, 0.5) is 0 Å². The molecule has 0 radical (unpaired) electrons. The summed E-state index contributed by atoms with van der Waals surface area (Å²) in [4.78, 5) is 1.17. The molecule has 4 heteroatoms. The molecule has 0 spiro atoms. The number of aliphatic hydroxyl groups excluding tert-OH is 1. The maximum absolute atomic E-state index is 8.53. The molecule has 0 aromatic carbocycles. The van der Waals surface area contributed by atoms with E-state index in [1.807, 2.05) is 11.4 Å². The molecule has 0 amide bonds. The molecular weight excluding hydrogens is 174 g/mol. The van der Waals surface area contributed by atoms with Crippen LogP contribution in [0.3, 0.4) is 0 Å². The summed E-state index contributed by atoms with van der Waals surface area (Å²) in [5, 5.41) is 13.6. The van der Waals surface area contributed by atoms with Gasteiger partial charge in [0.15, 0.2) is 0 Å². The molecular formula is C8H13NO2S. The third-order valence-corrected chi connectivity index (χ3v) is 2.40. The van der Waals surface area contributed by atoms with Crippen molar-refractivity contribution in [2.45, 2.75) is 6.54 Å². The predicted octanol–water partition coefficient (Wildman–Crippen LogP) is 0.839. The second-order valence-corrected chi connectivity index (χ2v) is 3.31. The summed E-state index contributed by atoms with van der Waals surface area (Å²) in [6.45, 7) is 1.57. The van der Waals surface area contributed by atoms with Gasteiger partial charge in [-0.2, -0.15) is 0 Å². The van der Waals surface area contributed by atoms with Gasteiger partial charge in [-0.05, 0) is 11.4 Å². The maximum atomic E-state index is 8.53. The first kappa shape index (κ1) is 9.51. The van der Waals surface area contributed by atoms with Crippen LogP contribution in [0.25, 0.3) is 0 Å². The van der Waals surface area contributed by atoms with Crippen molar-refractivity contribution >= 4 is 11.3 Å². The normalized spacial score (nSPS) is 10.2. The molecule has 1 aromatic rings. The van der Waals surface area contributed by atoms with E-state index in [0.717, 1.165) is 12.3 Å². The number of thiophene rings is 1. The molecule has 1 heterocycles. The van der Waals surface area contributed by atoms with E-state index in [2.05, 4.69) is 5.32 Å². The Bertz CT molecular complexity index is 225. The Hall–Kier alpha value is -0.580. The van der Waals surface area contributed by atoms with Gasteiger partial charge in [0.05, 0.1) is 18.6 Å². The number of hydrogen-bond acceptors (Lipinski definition) is 4. The van der Waals surface area contributed by atoms with E-state index in [4.69, 9.17) is 9.84 Å². The van der Waals surface area contributed by atoms with Gasteiger partial charge < -0.3 is 15.2 Å². The second kappa shape index (κ2) is 5.13. The third kappa shape index (κ3) is 2.48. The van der Waals surface area contributed by atoms with Crippen LogP contribution in [-0.4, -0.2) is 25.4 Å². The van der Waals surface area contributed by atoms with Crippen LogP contribution in [0.5, 0.6) is 5.75 Å². The summed E-state index contributed by atoms with van der Waals surface area (Å²) in [7, 11) is 1.66. The van der Waals surface area contributed by atoms with Crippen LogP contribution >= 0.6 is 11.3 Å². The Balaban J connectivity index is 2.39. The molecule has 0 unspecified atom stereocenters. The van der Waals surface area contributed by atoms with Gasteiger partial charge in [-0.25, -0.2) is 0 Å². The summed E-state index contributed by atoms with van der Waals surface area (Å²) < 4.78 is 5.12. The highest BCUT2D eigenvalue weighted by Crippen LogP contribution is 2.23. The van der Waals surface area contributed by atoms with Gasteiger partial charge in [0.25, 0.3) is 0 Å². The third-order valence-electron chi connectivity index (χ3n) is 1.50. The number of nitrogens with one attached hydrogen (secondary N) is 1. The SMILES string of the molecule is COc1ccsc1CNCCO. The molecule has 1 rings (SSSR count). The lowest BCUT2D eigenvalue weighted by Gasteiger charge is -2.02. The highest BCUT2D eigenvalue weighted by atomic mass is 32.1. The number of rotatable bonds is 5. The smallest absolute Gasteiger partial charge is 0.134 e. The molecule has 0 bridgehead atoms. The first-order chi connectivity index (χ1) is 5.88. The van der Waals surface area contributed by atoms with E-state index >= 15 is 0 Å². The zero-order chi connectivity index (χ0) is 8.81. The van der Waals surface area contributed by atoms with Crippen molar-refractivity contribution in [3.05, 3.63) is 16.3 Å². The molecule has 0 saturated carbocycles. The Morgan fingerprint density at radius 3 is 3.17 bits per heavy atom. The van der Waals surface area contributed by atoms with E-state index in [-0.39, 0.29) is 6.61 Å². The zero-order valence-corrected chi connectivity index (χ0v) is 7.86.